The van der Waals surface area contributed by atoms with E-state index in [4.69, 9.17) is 4.74 Å². The number of phenolic OH excluding ortho intramolecular Hbond substituents is 1. The maximum atomic E-state index is 12.6. The van der Waals surface area contributed by atoms with E-state index in [0.29, 0.717) is 12.8 Å². The predicted octanol–water partition coefficient (Wildman–Crippen LogP) is 1.96. The third-order valence-corrected chi connectivity index (χ3v) is 4.25. The number of ether oxygens (including phenoxy) is 1. The lowest BCUT2D eigenvalue weighted by Gasteiger charge is -2.18. The van der Waals surface area contributed by atoms with Crippen LogP contribution in [-0.4, -0.2) is 41.8 Å². The molecule has 0 radical (unpaired) electrons. The van der Waals surface area contributed by atoms with Crippen LogP contribution in [0.3, 0.4) is 0 Å². The Morgan fingerprint density at radius 3 is 2.53 bits per heavy atom. The van der Waals surface area contributed by atoms with Crippen LogP contribution in [-0.2, 0) is 20.9 Å². The van der Waals surface area contributed by atoms with Crippen molar-refractivity contribution in [2.75, 3.05) is 6.54 Å². The van der Waals surface area contributed by atoms with Crippen LogP contribution in [0.4, 0.5) is 0 Å². The van der Waals surface area contributed by atoms with Gasteiger partial charge in [0.05, 0.1) is 5.56 Å². The van der Waals surface area contributed by atoms with E-state index in [1.807, 2.05) is 6.07 Å². The van der Waals surface area contributed by atoms with Gasteiger partial charge in [-0.2, -0.15) is 0 Å². The molecule has 0 aromatic heterocycles. The highest BCUT2D eigenvalue weighted by molar-refractivity contribution is 6.00. The van der Waals surface area contributed by atoms with E-state index in [1.165, 1.54) is 18.2 Å². The Balaban J connectivity index is 2.11. The first kappa shape index (κ1) is 22.6. The highest BCUT2D eigenvalue weighted by Gasteiger charge is 2.25. The third kappa shape index (κ3) is 6.73. The minimum Gasteiger partial charge on any atom is -0.507 e. The van der Waals surface area contributed by atoms with Crippen molar-refractivity contribution >= 4 is 24.1 Å². The van der Waals surface area contributed by atoms with E-state index in [9.17, 15) is 24.3 Å². The standard InChI is InChI=1S/C22H24N2O6/c1-2-23-20(27)11-9-18(22(29)30-14-15-6-4-3-5-7-15)24-21(28)17-12-16(13-25)8-10-19(17)26/h3-8,10,12-13,18,26H,2,9,11,14H2,1H3,(H,23,27)(H,24,28)/t18-/m0/s1. The highest BCUT2D eigenvalue weighted by atomic mass is 16.5. The molecule has 1 atom stereocenters. The minimum absolute atomic E-state index is 0.000413. The monoisotopic (exact) mass is 412 g/mol. The van der Waals surface area contributed by atoms with Crippen molar-refractivity contribution in [3.8, 4) is 5.75 Å². The smallest absolute Gasteiger partial charge is 0.328 e. The van der Waals surface area contributed by atoms with Gasteiger partial charge in [-0.15, -0.1) is 0 Å². The Hall–Kier alpha value is -3.68. The lowest BCUT2D eigenvalue weighted by atomic mass is 10.1. The summed E-state index contributed by atoms with van der Waals surface area (Å²) in [4.78, 5) is 47.9. The molecule has 2 aromatic carbocycles. The molecule has 8 heteroatoms. The summed E-state index contributed by atoms with van der Waals surface area (Å²) in [5.74, 6) is -2.06. The van der Waals surface area contributed by atoms with Gasteiger partial charge in [0.2, 0.25) is 5.91 Å². The van der Waals surface area contributed by atoms with Gasteiger partial charge >= 0.3 is 5.97 Å². The molecule has 8 nitrogen and oxygen atoms in total. The predicted molar refractivity (Wildman–Crippen MR) is 109 cm³/mol. The summed E-state index contributed by atoms with van der Waals surface area (Å²) in [5.41, 5.74) is 0.818. The lowest BCUT2D eigenvalue weighted by Crippen LogP contribution is -2.42. The van der Waals surface area contributed by atoms with Crippen molar-refractivity contribution in [1.82, 2.24) is 10.6 Å². The molecule has 0 aliphatic rings. The van der Waals surface area contributed by atoms with Gasteiger partial charge in [0.1, 0.15) is 24.7 Å². The molecule has 0 saturated carbocycles. The van der Waals surface area contributed by atoms with Crippen molar-refractivity contribution in [2.45, 2.75) is 32.4 Å². The molecule has 0 aliphatic heterocycles. The fourth-order valence-corrected chi connectivity index (χ4v) is 2.68. The molecule has 2 amide bonds. The number of hydrogen-bond donors (Lipinski definition) is 3. The zero-order chi connectivity index (χ0) is 21.9. The zero-order valence-corrected chi connectivity index (χ0v) is 16.6. The maximum absolute atomic E-state index is 12.6. The molecule has 0 heterocycles. The number of aldehydes is 1. The third-order valence-electron chi connectivity index (χ3n) is 4.25. The van der Waals surface area contributed by atoms with Gasteiger partial charge in [-0.1, -0.05) is 30.3 Å². The number of nitrogens with one attached hydrogen (secondary N) is 2. The topological polar surface area (TPSA) is 122 Å². The van der Waals surface area contributed by atoms with Crippen LogP contribution < -0.4 is 10.6 Å². The molecule has 0 bridgehead atoms. The summed E-state index contributed by atoms with van der Waals surface area (Å²) in [7, 11) is 0. The van der Waals surface area contributed by atoms with Crippen LogP contribution in [0.25, 0.3) is 0 Å². The van der Waals surface area contributed by atoms with Crippen LogP contribution in [0.5, 0.6) is 5.75 Å². The Bertz CT molecular complexity index is 898. The maximum Gasteiger partial charge on any atom is 0.328 e. The SMILES string of the molecule is CCNC(=O)CC[C@H](NC(=O)c1cc(C=O)ccc1O)C(=O)OCc1ccccc1. The summed E-state index contributed by atoms with van der Waals surface area (Å²) in [6.07, 6.45) is 0.551. The highest BCUT2D eigenvalue weighted by Crippen LogP contribution is 2.18. The quantitative estimate of drug-likeness (QED) is 0.405. The van der Waals surface area contributed by atoms with Gasteiger partial charge in [0, 0.05) is 18.5 Å². The van der Waals surface area contributed by atoms with Crippen LogP contribution in [0, 0.1) is 0 Å². The van der Waals surface area contributed by atoms with Crippen molar-refractivity contribution in [2.24, 2.45) is 0 Å². The van der Waals surface area contributed by atoms with E-state index in [-0.39, 0.29) is 42.2 Å². The molecule has 0 fully saturated rings. The number of esters is 1. The molecule has 3 N–H and O–H groups in total. The van der Waals surface area contributed by atoms with Gasteiger partial charge in [-0.05, 0) is 37.1 Å². The van der Waals surface area contributed by atoms with Gasteiger partial charge in [0.15, 0.2) is 0 Å². The summed E-state index contributed by atoms with van der Waals surface area (Å²) in [6, 6.07) is 11.7. The van der Waals surface area contributed by atoms with Crippen molar-refractivity contribution < 1.29 is 29.0 Å². The van der Waals surface area contributed by atoms with Crippen LogP contribution in [0.1, 0.15) is 46.0 Å². The average Bonchev–Trinajstić information content (AvgIpc) is 2.76. The number of benzene rings is 2. The normalized spacial score (nSPS) is 11.2. The van der Waals surface area contributed by atoms with Gasteiger partial charge in [-0.25, -0.2) is 4.79 Å². The summed E-state index contributed by atoms with van der Waals surface area (Å²) in [6.45, 7) is 2.23. The molecule has 0 saturated heterocycles. The number of phenols is 1. The zero-order valence-electron chi connectivity index (χ0n) is 16.6. The van der Waals surface area contributed by atoms with Crippen LogP contribution >= 0.6 is 0 Å². The number of amides is 2. The largest absolute Gasteiger partial charge is 0.507 e. The molecule has 0 spiro atoms. The molecule has 2 rings (SSSR count). The summed E-state index contributed by atoms with van der Waals surface area (Å²) < 4.78 is 5.29. The van der Waals surface area contributed by atoms with Crippen LogP contribution in [0.15, 0.2) is 48.5 Å². The Morgan fingerprint density at radius 1 is 1.13 bits per heavy atom. The van der Waals surface area contributed by atoms with Crippen molar-refractivity contribution in [3.05, 3.63) is 65.2 Å². The molecule has 2 aromatic rings. The van der Waals surface area contributed by atoms with Crippen LogP contribution in [0.2, 0.25) is 0 Å². The Labute approximate surface area is 174 Å². The molecule has 158 valence electrons. The Morgan fingerprint density at radius 2 is 1.87 bits per heavy atom. The average molecular weight is 412 g/mol. The number of rotatable bonds is 10. The molecular formula is C22H24N2O6. The van der Waals surface area contributed by atoms with E-state index in [0.717, 1.165) is 5.56 Å². The van der Waals surface area contributed by atoms with E-state index < -0.39 is 17.9 Å². The van der Waals surface area contributed by atoms with Gasteiger partial charge in [0.25, 0.3) is 5.91 Å². The van der Waals surface area contributed by atoms with E-state index in [1.54, 1.807) is 31.2 Å². The first-order valence-electron chi connectivity index (χ1n) is 9.51. The van der Waals surface area contributed by atoms with Gasteiger partial charge in [-0.3, -0.25) is 14.4 Å². The van der Waals surface area contributed by atoms with Crippen molar-refractivity contribution in [1.29, 1.82) is 0 Å². The Kier molecular flexibility index (Phi) is 8.56. The van der Waals surface area contributed by atoms with E-state index in [2.05, 4.69) is 10.6 Å². The molecule has 0 aliphatic carbocycles. The van der Waals surface area contributed by atoms with E-state index >= 15 is 0 Å². The molecule has 0 unspecified atom stereocenters. The second-order valence-corrected chi connectivity index (χ2v) is 6.51. The number of hydrogen-bond acceptors (Lipinski definition) is 6. The fourth-order valence-electron chi connectivity index (χ4n) is 2.68. The minimum atomic E-state index is -1.11. The molecular weight excluding hydrogens is 388 g/mol. The summed E-state index contributed by atoms with van der Waals surface area (Å²) >= 11 is 0. The first-order chi connectivity index (χ1) is 14.4. The van der Waals surface area contributed by atoms with Gasteiger partial charge < -0.3 is 20.5 Å². The fraction of sp³-hybridized carbons (Fsp3) is 0.273. The second-order valence-electron chi connectivity index (χ2n) is 6.51. The summed E-state index contributed by atoms with van der Waals surface area (Å²) in [5, 5.41) is 15.0. The van der Waals surface area contributed by atoms with Crippen molar-refractivity contribution in [3.63, 3.8) is 0 Å². The number of carbonyl (C=O) groups excluding carboxylic acids is 4. The number of carbonyl (C=O) groups is 4. The second kappa shape index (κ2) is 11.4. The first-order valence-corrected chi connectivity index (χ1v) is 9.51. The molecule has 30 heavy (non-hydrogen) atoms. The number of aromatic hydroxyl groups is 1. The lowest BCUT2D eigenvalue weighted by molar-refractivity contribution is -0.147.